The Morgan fingerprint density at radius 2 is 2.10 bits per heavy atom. The molecule has 0 radical (unpaired) electrons. The minimum absolute atomic E-state index is 0.751. The Kier molecular flexibility index (Phi) is 6.64. The number of nitrogens with one attached hydrogen (secondary N) is 1. The van der Waals surface area contributed by atoms with Gasteiger partial charge in [-0.1, -0.05) is 59.5 Å². The summed E-state index contributed by atoms with van der Waals surface area (Å²) in [7, 11) is 0. The maximum atomic E-state index is 6.11. The normalized spacial score (nSPS) is 10.9. The molecular formula is C13H16ClN3S3. The van der Waals surface area contributed by atoms with Crippen LogP contribution in [0.1, 0.15) is 18.9 Å². The lowest BCUT2D eigenvalue weighted by Crippen LogP contribution is -2.14. The summed E-state index contributed by atoms with van der Waals surface area (Å²) in [5.41, 5.74) is 1.24. The SMILES string of the molecule is CCCNCc1ccc(Cl)cc1Sc1nnc(SC)s1. The van der Waals surface area contributed by atoms with Crippen LogP contribution in [0.15, 0.2) is 31.8 Å². The van der Waals surface area contributed by atoms with Gasteiger partial charge >= 0.3 is 0 Å². The molecule has 0 aliphatic rings. The molecule has 0 saturated heterocycles. The second-order valence-corrected chi connectivity index (χ2v) is 7.83. The first-order valence-electron chi connectivity index (χ1n) is 6.27. The lowest BCUT2D eigenvalue weighted by Gasteiger charge is -2.09. The Labute approximate surface area is 136 Å². The molecule has 0 amide bonds. The van der Waals surface area contributed by atoms with Gasteiger partial charge in [0.2, 0.25) is 0 Å². The van der Waals surface area contributed by atoms with Crippen LogP contribution in [0.5, 0.6) is 0 Å². The average Bonchev–Trinajstić information content (AvgIpc) is 2.89. The van der Waals surface area contributed by atoms with Crippen molar-refractivity contribution in [2.24, 2.45) is 0 Å². The third-order valence-corrected chi connectivity index (χ3v) is 5.82. The van der Waals surface area contributed by atoms with Gasteiger partial charge in [0.15, 0.2) is 8.68 Å². The molecule has 7 heteroatoms. The Bertz CT molecular complexity index is 560. The van der Waals surface area contributed by atoms with Crippen molar-refractivity contribution in [2.45, 2.75) is 33.5 Å². The molecule has 0 spiro atoms. The molecule has 1 aromatic heterocycles. The highest BCUT2D eigenvalue weighted by atomic mass is 35.5. The molecule has 0 saturated carbocycles. The van der Waals surface area contributed by atoms with Gasteiger partial charge in [-0.25, -0.2) is 0 Å². The summed E-state index contributed by atoms with van der Waals surface area (Å²) in [5, 5.41) is 12.5. The molecule has 0 fully saturated rings. The standard InChI is InChI=1S/C13H16ClN3S3/c1-3-6-15-8-9-4-5-10(14)7-11(9)19-13-17-16-12(18-2)20-13/h4-5,7,15H,3,6,8H2,1-2H3. The van der Waals surface area contributed by atoms with E-state index < -0.39 is 0 Å². The topological polar surface area (TPSA) is 37.8 Å². The first kappa shape index (κ1) is 16.1. The maximum Gasteiger partial charge on any atom is 0.179 e. The molecule has 1 N–H and O–H groups in total. The summed E-state index contributed by atoms with van der Waals surface area (Å²) in [4.78, 5) is 1.14. The molecule has 0 bridgehead atoms. The van der Waals surface area contributed by atoms with Crippen LogP contribution in [0.2, 0.25) is 5.02 Å². The molecular weight excluding hydrogens is 330 g/mol. The van der Waals surface area contributed by atoms with Crippen LogP contribution in [0, 0.1) is 0 Å². The minimum Gasteiger partial charge on any atom is -0.313 e. The van der Waals surface area contributed by atoms with Gasteiger partial charge in [-0.15, -0.1) is 10.2 Å². The summed E-state index contributed by atoms with van der Waals surface area (Å²) < 4.78 is 1.94. The molecule has 108 valence electrons. The minimum atomic E-state index is 0.751. The first-order chi connectivity index (χ1) is 9.72. The number of thioether (sulfide) groups is 1. The van der Waals surface area contributed by atoms with Crippen LogP contribution in [0.25, 0.3) is 0 Å². The zero-order valence-corrected chi connectivity index (χ0v) is 14.6. The molecule has 20 heavy (non-hydrogen) atoms. The van der Waals surface area contributed by atoms with Crippen molar-refractivity contribution < 1.29 is 0 Å². The molecule has 3 nitrogen and oxygen atoms in total. The van der Waals surface area contributed by atoms with Crippen LogP contribution < -0.4 is 5.32 Å². The lowest BCUT2D eigenvalue weighted by molar-refractivity contribution is 0.669. The molecule has 0 atom stereocenters. The summed E-state index contributed by atoms with van der Waals surface area (Å²) in [5.74, 6) is 0. The number of hydrogen-bond acceptors (Lipinski definition) is 6. The second kappa shape index (κ2) is 8.24. The molecule has 0 aliphatic carbocycles. The van der Waals surface area contributed by atoms with Gasteiger partial charge in [-0.2, -0.15) is 0 Å². The van der Waals surface area contributed by atoms with E-state index in [1.54, 1.807) is 34.9 Å². The van der Waals surface area contributed by atoms with Crippen LogP contribution in [-0.4, -0.2) is 23.0 Å². The van der Waals surface area contributed by atoms with Crippen LogP contribution >= 0.6 is 46.5 Å². The Balaban J connectivity index is 2.13. The lowest BCUT2D eigenvalue weighted by atomic mass is 10.2. The molecule has 0 unspecified atom stereocenters. The fourth-order valence-corrected chi connectivity index (χ4v) is 4.38. The zero-order valence-electron chi connectivity index (χ0n) is 11.4. The van der Waals surface area contributed by atoms with E-state index in [-0.39, 0.29) is 0 Å². The third kappa shape index (κ3) is 4.63. The summed E-state index contributed by atoms with van der Waals surface area (Å²) in [6.45, 7) is 4.03. The summed E-state index contributed by atoms with van der Waals surface area (Å²) >= 11 is 11.0. The zero-order chi connectivity index (χ0) is 14.4. The van der Waals surface area contributed by atoms with E-state index in [1.165, 1.54) is 5.56 Å². The predicted octanol–water partition coefficient (Wildman–Crippen LogP) is 4.56. The van der Waals surface area contributed by atoms with E-state index in [0.717, 1.165) is 38.1 Å². The van der Waals surface area contributed by atoms with Gasteiger partial charge in [-0.3, -0.25) is 0 Å². The van der Waals surface area contributed by atoms with E-state index in [9.17, 15) is 0 Å². The molecule has 2 rings (SSSR count). The van der Waals surface area contributed by atoms with E-state index in [0.29, 0.717) is 0 Å². The van der Waals surface area contributed by atoms with Crippen molar-refractivity contribution in [3.05, 3.63) is 28.8 Å². The largest absolute Gasteiger partial charge is 0.313 e. The van der Waals surface area contributed by atoms with Crippen LogP contribution in [-0.2, 0) is 6.54 Å². The second-order valence-electron chi connectivity index (χ2n) is 4.07. The quantitative estimate of drug-likeness (QED) is 0.588. The Morgan fingerprint density at radius 3 is 2.80 bits per heavy atom. The van der Waals surface area contributed by atoms with Crippen molar-refractivity contribution in [1.29, 1.82) is 0 Å². The first-order valence-corrected chi connectivity index (χ1v) is 9.51. The fraction of sp³-hybridized carbons (Fsp3) is 0.385. The number of aromatic nitrogens is 2. The number of rotatable bonds is 7. The average molecular weight is 346 g/mol. The van der Waals surface area contributed by atoms with Crippen molar-refractivity contribution in [3.8, 4) is 0 Å². The number of hydrogen-bond donors (Lipinski definition) is 1. The van der Waals surface area contributed by atoms with Crippen molar-refractivity contribution in [3.63, 3.8) is 0 Å². The van der Waals surface area contributed by atoms with Gasteiger partial charge in [0.25, 0.3) is 0 Å². The maximum absolute atomic E-state index is 6.11. The van der Waals surface area contributed by atoms with Crippen molar-refractivity contribution in [1.82, 2.24) is 15.5 Å². The number of benzene rings is 1. The van der Waals surface area contributed by atoms with Gasteiger partial charge in [0.1, 0.15) is 0 Å². The van der Waals surface area contributed by atoms with E-state index >= 15 is 0 Å². The Hall–Kier alpha value is -0.270. The van der Waals surface area contributed by atoms with E-state index in [1.807, 2.05) is 18.4 Å². The Morgan fingerprint density at radius 1 is 1.30 bits per heavy atom. The third-order valence-electron chi connectivity index (χ3n) is 2.53. The predicted molar refractivity (Wildman–Crippen MR) is 89.3 cm³/mol. The highest BCUT2D eigenvalue weighted by molar-refractivity contribution is 8.03. The van der Waals surface area contributed by atoms with E-state index in [4.69, 9.17) is 11.6 Å². The fourth-order valence-electron chi connectivity index (χ4n) is 1.58. The van der Waals surface area contributed by atoms with Gasteiger partial charge in [-0.05, 0) is 36.9 Å². The molecule has 1 heterocycles. The van der Waals surface area contributed by atoms with Crippen molar-refractivity contribution >= 4 is 46.5 Å². The molecule has 0 aliphatic heterocycles. The monoisotopic (exact) mass is 345 g/mol. The molecule has 2 aromatic rings. The van der Waals surface area contributed by atoms with Gasteiger partial charge in [0, 0.05) is 16.5 Å². The number of halogens is 1. The number of nitrogens with zero attached hydrogens (tertiary/aromatic N) is 2. The molecule has 1 aromatic carbocycles. The smallest absolute Gasteiger partial charge is 0.179 e. The van der Waals surface area contributed by atoms with Crippen molar-refractivity contribution in [2.75, 3.05) is 12.8 Å². The van der Waals surface area contributed by atoms with Gasteiger partial charge < -0.3 is 5.32 Å². The highest BCUT2D eigenvalue weighted by Crippen LogP contribution is 2.35. The summed E-state index contributed by atoms with van der Waals surface area (Å²) in [6.07, 6.45) is 3.14. The highest BCUT2D eigenvalue weighted by Gasteiger charge is 2.09. The summed E-state index contributed by atoms with van der Waals surface area (Å²) in [6, 6.07) is 6.00. The van der Waals surface area contributed by atoms with E-state index in [2.05, 4.69) is 28.5 Å². The van der Waals surface area contributed by atoms with Crippen LogP contribution in [0.3, 0.4) is 0 Å². The van der Waals surface area contributed by atoms with Crippen LogP contribution in [0.4, 0.5) is 0 Å². The van der Waals surface area contributed by atoms with Gasteiger partial charge in [0.05, 0.1) is 0 Å².